The maximum absolute atomic E-state index is 7.19. The maximum atomic E-state index is 7.19. The number of hydrogen-bond donors (Lipinski definition) is 0. The Labute approximate surface area is 521 Å². The average Bonchev–Trinajstić information content (AvgIpc) is 1.68. The summed E-state index contributed by atoms with van der Waals surface area (Å²) in [4.78, 5) is 0. The van der Waals surface area contributed by atoms with Gasteiger partial charge >= 0.3 is 0 Å². The highest BCUT2D eigenvalue weighted by atomic mass is 16.3. The fraction of sp³-hybridized carbons (Fsp3) is 0.0345. The van der Waals surface area contributed by atoms with Gasteiger partial charge in [-0.25, -0.2) is 0 Å². The minimum atomic E-state index is -0.285. The molecule has 0 fully saturated rings. The zero-order valence-electron chi connectivity index (χ0n) is 49.8. The van der Waals surface area contributed by atoms with Gasteiger partial charge in [0, 0.05) is 59.6 Å². The molecule has 0 radical (unpaired) electrons. The minimum absolute atomic E-state index is 0.285. The van der Waals surface area contributed by atoms with Crippen molar-refractivity contribution >= 4 is 152 Å². The van der Waals surface area contributed by atoms with Gasteiger partial charge in [-0.1, -0.05) is 220 Å². The molecule has 0 N–H and O–H groups in total. The Hall–Kier alpha value is -11.7. The molecule has 0 saturated heterocycles. The van der Waals surface area contributed by atoms with Gasteiger partial charge in [0.05, 0.1) is 33.4 Å². The van der Waals surface area contributed by atoms with Crippen LogP contribution in [0.3, 0.4) is 0 Å². The van der Waals surface area contributed by atoms with Crippen molar-refractivity contribution in [2.24, 2.45) is 0 Å². The Morgan fingerprint density at radius 1 is 0.220 bits per heavy atom. The number of aromatic nitrogens is 2. The molecule has 0 atom stereocenters. The van der Waals surface area contributed by atoms with Crippen molar-refractivity contribution in [1.29, 1.82) is 0 Å². The van der Waals surface area contributed by atoms with Gasteiger partial charge in [-0.05, 0) is 171 Å². The van der Waals surface area contributed by atoms with E-state index in [1.54, 1.807) is 0 Å². The molecule has 91 heavy (non-hydrogen) atoms. The zero-order chi connectivity index (χ0) is 59.5. The fourth-order valence-corrected chi connectivity index (χ4v) is 16.7. The first-order valence-corrected chi connectivity index (χ1v) is 31.6. The molecule has 0 bridgehead atoms. The quantitative estimate of drug-likeness (QED) is 0.165. The van der Waals surface area contributed by atoms with Gasteiger partial charge in [-0.3, -0.25) is 0 Å². The molecule has 20 aromatic rings. The molecular formula is C87H52N2O2. The summed E-state index contributed by atoms with van der Waals surface area (Å²) < 4.78 is 19.1. The van der Waals surface area contributed by atoms with Gasteiger partial charge in [-0.2, -0.15) is 0 Å². The van der Waals surface area contributed by atoms with Gasteiger partial charge in [0.15, 0.2) is 11.2 Å². The van der Waals surface area contributed by atoms with Crippen molar-refractivity contribution in [2.45, 2.75) is 19.3 Å². The molecule has 0 spiro atoms. The second-order valence-corrected chi connectivity index (χ2v) is 25.7. The minimum Gasteiger partial charge on any atom is -0.453 e. The zero-order valence-corrected chi connectivity index (χ0v) is 49.8. The molecule has 422 valence electrons. The van der Waals surface area contributed by atoms with Gasteiger partial charge < -0.3 is 18.0 Å². The van der Waals surface area contributed by atoms with Gasteiger partial charge in [0.1, 0.15) is 11.2 Å². The first-order valence-electron chi connectivity index (χ1n) is 31.6. The summed E-state index contributed by atoms with van der Waals surface area (Å²) in [7, 11) is 0. The number of nitrogens with zero attached hydrogens (tertiary/aromatic N) is 2. The lowest BCUT2D eigenvalue weighted by molar-refractivity contribution is 0.662. The van der Waals surface area contributed by atoms with E-state index in [4.69, 9.17) is 8.83 Å². The number of rotatable bonds is 4. The molecule has 16 aromatic carbocycles. The maximum Gasteiger partial charge on any atom is 0.159 e. The average molecular weight is 1160 g/mol. The van der Waals surface area contributed by atoms with Crippen LogP contribution >= 0.6 is 0 Å². The standard InChI is InChI=1S/C87H52N2O2/c1-87(2)75-47-71-57-41-39-49(51-27-15-29-63-65-31-17-37-81(85(65)90-83(51)63)88-77-33-11-7-23-59(77)60-24-8-12-34-78(60)88)43-67(57)53-19-3-5-21-55(53)69(71)45-73(75)74-46-70-56-22-6-4-20-54(56)68-44-50(40-42-58(68)72(70)48-76(74)87)52-28-16-30-64-66-32-18-38-82(86(66)91-84(52)64)89-79-35-13-9-25-61(79)62-26-10-14-36-80(62)89/h3-48H,1-2H3. The van der Waals surface area contributed by atoms with Crippen molar-refractivity contribution in [3.05, 3.63) is 290 Å². The predicted octanol–water partition coefficient (Wildman–Crippen LogP) is 24.2. The Morgan fingerprint density at radius 2 is 0.505 bits per heavy atom. The van der Waals surface area contributed by atoms with Crippen LogP contribution in [0.25, 0.3) is 197 Å². The van der Waals surface area contributed by atoms with Crippen LogP contribution in [0.4, 0.5) is 0 Å². The van der Waals surface area contributed by atoms with E-state index >= 15 is 0 Å². The van der Waals surface area contributed by atoms with Crippen LogP contribution in [-0.4, -0.2) is 9.13 Å². The first-order chi connectivity index (χ1) is 44.9. The number of benzene rings is 16. The molecule has 21 rings (SSSR count). The van der Waals surface area contributed by atoms with Crippen LogP contribution in [0.2, 0.25) is 0 Å². The second kappa shape index (κ2) is 17.8. The van der Waals surface area contributed by atoms with Crippen LogP contribution in [-0.2, 0) is 5.41 Å². The van der Waals surface area contributed by atoms with Crippen molar-refractivity contribution in [3.63, 3.8) is 0 Å². The summed E-state index contributed by atoms with van der Waals surface area (Å²) in [5.74, 6) is 0. The summed E-state index contributed by atoms with van der Waals surface area (Å²) in [5, 5.41) is 24.4. The van der Waals surface area contributed by atoms with Crippen molar-refractivity contribution in [2.75, 3.05) is 0 Å². The SMILES string of the molecule is CC1(C)c2cc3c4ccc(-c5cccc6c5oc5c(-n7c8ccccc8c8ccccc87)cccc56)cc4c4ccccc4c3cc2-c2cc3c4ccccc4c4cc(-c5cccc6c5oc5c(-n7c8ccccc8c8ccccc87)cccc56)ccc4c3cc21. The Balaban J connectivity index is 0.708. The molecule has 0 amide bonds. The van der Waals surface area contributed by atoms with Crippen LogP contribution in [0.15, 0.2) is 288 Å². The molecule has 1 aliphatic carbocycles. The predicted molar refractivity (Wildman–Crippen MR) is 383 cm³/mol. The third-order valence-electron chi connectivity index (χ3n) is 20.9. The van der Waals surface area contributed by atoms with E-state index in [2.05, 4.69) is 302 Å². The monoisotopic (exact) mass is 1160 g/mol. The van der Waals surface area contributed by atoms with Crippen molar-refractivity contribution in [3.8, 4) is 44.8 Å². The molecule has 4 nitrogen and oxygen atoms in total. The topological polar surface area (TPSA) is 36.1 Å². The first kappa shape index (κ1) is 49.3. The van der Waals surface area contributed by atoms with Gasteiger partial charge in [0.25, 0.3) is 0 Å². The number of para-hydroxylation sites is 8. The number of fused-ring (bicyclic) bond motifs is 27. The summed E-state index contributed by atoms with van der Waals surface area (Å²) in [5.41, 5.74) is 19.7. The van der Waals surface area contributed by atoms with E-state index < -0.39 is 0 Å². The molecule has 0 aliphatic heterocycles. The number of furan rings is 2. The van der Waals surface area contributed by atoms with E-state index in [-0.39, 0.29) is 5.41 Å². The highest BCUT2D eigenvalue weighted by molar-refractivity contribution is 6.30. The van der Waals surface area contributed by atoms with Gasteiger partial charge in [-0.15, -0.1) is 0 Å². The van der Waals surface area contributed by atoms with Crippen LogP contribution in [0, 0.1) is 0 Å². The molecule has 0 saturated carbocycles. The fourth-order valence-electron chi connectivity index (χ4n) is 16.7. The number of hydrogen-bond acceptors (Lipinski definition) is 2. The normalized spacial score (nSPS) is 13.3. The highest BCUT2D eigenvalue weighted by Gasteiger charge is 2.37. The molecule has 1 aliphatic rings. The Bertz CT molecular complexity index is 6170. The second-order valence-electron chi connectivity index (χ2n) is 25.7. The van der Waals surface area contributed by atoms with Crippen molar-refractivity contribution in [1.82, 2.24) is 9.13 Å². The lowest BCUT2D eigenvalue weighted by atomic mass is 9.80. The van der Waals surface area contributed by atoms with E-state index in [0.29, 0.717) is 0 Å². The lowest BCUT2D eigenvalue weighted by Gasteiger charge is -2.23. The van der Waals surface area contributed by atoms with Crippen LogP contribution < -0.4 is 0 Å². The molecule has 0 unspecified atom stereocenters. The van der Waals surface area contributed by atoms with Crippen LogP contribution in [0.5, 0.6) is 0 Å². The summed E-state index contributed by atoms with van der Waals surface area (Å²) in [6, 6.07) is 103. The van der Waals surface area contributed by atoms with E-state index in [1.807, 2.05) is 0 Å². The summed E-state index contributed by atoms with van der Waals surface area (Å²) in [6.07, 6.45) is 0. The molecule has 4 heteroatoms. The Morgan fingerprint density at radius 3 is 0.879 bits per heavy atom. The van der Waals surface area contributed by atoms with E-state index in [0.717, 1.165) is 99.6 Å². The molecular weight excluding hydrogens is 1100 g/mol. The summed E-state index contributed by atoms with van der Waals surface area (Å²) >= 11 is 0. The third-order valence-corrected chi connectivity index (χ3v) is 20.9. The molecule has 4 aromatic heterocycles. The van der Waals surface area contributed by atoms with E-state index in [9.17, 15) is 0 Å². The summed E-state index contributed by atoms with van der Waals surface area (Å²) in [6.45, 7) is 4.86. The highest BCUT2D eigenvalue weighted by Crippen LogP contribution is 2.55. The smallest absolute Gasteiger partial charge is 0.159 e. The molecule has 4 heterocycles. The largest absolute Gasteiger partial charge is 0.453 e. The Kier molecular flexibility index (Phi) is 9.62. The van der Waals surface area contributed by atoms with Crippen molar-refractivity contribution < 1.29 is 8.83 Å². The third kappa shape index (κ3) is 6.52. The lowest BCUT2D eigenvalue weighted by Crippen LogP contribution is -2.15. The van der Waals surface area contributed by atoms with E-state index in [1.165, 1.54) is 108 Å². The van der Waals surface area contributed by atoms with Crippen LogP contribution in [0.1, 0.15) is 25.0 Å². The van der Waals surface area contributed by atoms with Gasteiger partial charge in [0.2, 0.25) is 0 Å².